The van der Waals surface area contributed by atoms with E-state index in [-0.39, 0.29) is 88.4 Å². The Morgan fingerprint density at radius 2 is 0.899 bits per heavy atom. The van der Waals surface area contributed by atoms with Gasteiger partial charge in [0.05, 0.1) is 0 Å². The van der Waals surface area contributed by atoms with E-state index in [2.05, 4.69) is 264 Å². The number of hydrogen-bond donors (Lipinski definition) is 0. The third-order valence-corrected chi connectivity index (χ3v) is 14.0. The normalized spacial score (nSPS) is 13.5. The molecule has 0 amide bonds. The third kappa shape index (κ3) is 9.88. The van der Waals surface area contributed by atoms with Crippen LogP contribution in [0.15, 0.2) is 133 Å². The Morgan fingerprint density at radius 3 is 1.38 bits per heavy atom. The molecule has 0 spiro atoms. The van der Waals surface area contributed by atoms with Crippen molar-refractivity contribution in [3.63, 3.8) is 0 Å². The van der Waals surface area contributed by atoms with Crippen LogP contribution < -0.4 is 31.1 Å². The minimum Gasteiger partial charge on any atom is -0.412 e. The van der Waals surface area contributed by atoms with Gasteiger partial charge in [-0.3, -0.25) is 17.7 Å². The predicted molar refractivity (Wildman–Crippen MR) is 291 cm³/mol. The number of rotatable bonds is 5. The van der Waals surface area contributed by atoms with E-state index < -0.39 is 0 Å². The van der Waals surface area contributed by atoms with Crippen molar-refractivity contribution in [2.24, 2.45) is 0 Å². The van der Waals surface area contributed by atoms with Crippen molar-refractivity contribution in [1.29, 1.82) is 0 Å². The van der Waals surface area contributed by atoms with Gasteiger partial charge in [-0.05, 0) is 110 Å². The number of fused-ring (bicyclic) bond motifs is 4. The van der Waals surface area contributed by atoms with Crippen molar-refractivity contribution in [3.8, 4) is 0 Å². The van der Waals surface area contributed by atoms with Gasteiger partial charge in [0, 0.05) is 67.1 Å². The first-order valence-corrected chi connectivity index (χ1v) is 24.2. The predicted octanol–water partition coefficient (Wildman–Crippen LogP) is 15.5. The minimum atomic E-state index is -0.153. The molecule has 344 valence electrons. The first-order valence-electron chi connectivity index (χ1n) is 24.2. The van der Waals surface area contributed by atoms with Gasteiger partial charge in [0.25, 0.3) is 0 Å². The molecule has 2 heterocycles. The van der Waals surface area contributed by atoms with E-state index in [1.165, 1.54) is 55.6 Å². The van der Waals surface area contributed by atoms with Crippen LogP contribution in [-0.4, -0.2) is 6.71 Å². The zero-order valence-electron chi connectivity index (χ0n) is 44.2. The maximum atomic E-state index is 4.87. The molecule has 0 fully saturated rings. The molecule has 69 heavy (non-hydrogen) atoms. The van der Waals surface area contributed by atoms with Gasteiger partial charge in [-0.1, -0.05) is 170 Å². The molecule has 7 aromatic carbocycles. The molecule has 0 aromatic heterocycles. The largest absolute Gasteiger partial charge is 2.00 e. The molecule has 0 radical (unpaired) electrons. The molecule has 9 rings (SSSR count). The van der Waals surface area contributed by atoms with Crippen molar-refractivity contribution in [2.45, 2.75) is 131 Å². The number of nitrogens with zero attached hydrogens (tertiary/aromatic N) is 3. The van der Waals surface area contributed by atoms with E-state index in [4.69, 9.17) is 6.92 Å². The molecular weight excluding hydrogens is 1030 g/mol. The molecule has 0 atom stereocenters. The van der Waals surface area contributed by atoms with E-state index in [1.54, 1.807) is 0 Å². The molecule has 6 heteroatoms. The maximum Gasteiger partial charge on any atom is 2.00 e. The number of hydrogen-bond acceptors (Lipinski definition) is 3. The van der Waals surface area contributed by atoms with Crippen molar-refractivity contribution >= 4 is 74.3 Å². The summed E-state index contributed by atoms with van der Waals surface area (Å²) in [7, 11) is 0. The van der Waals surface area contributed by atoms with Gasteiger partial charge in [0.2, 0.25) is 6.71 Å². The van der Waals surface area contributed by atoms with E-state index in [0.717, 1.165) is 45.4 Å². The molecule has 7 aromatic rings. The van der Waals surface area contributed by atoms with Gasteiger partial charge in [0.15, 0.2) is 0 Å². The molecule has 0 unspecified atom stereocenters. The van der Waals surface area contributed by atoms with Crippen LogP contribution in [0.3, 0.4) is 0 Å². The van der Waals surface area contributed by atoms with Gasteiger partial charge < -0.3 is 26.8 Å². The molecule has 0 saturated heterocycles. The van der Waals surface area contributed by atoms with Crippen LogP contribution in [0.4, 0.5) is 51.2 Å². The number of anilines is 9. The van der Waals surface area contributed by atoms with Crippen LogP contribution in [0.5, 0.6) is 0 Å². The topological polar surface area (TPSA) is 9.72 Å². The first kappa shape index (κ1) is 52.5. The fourth-order valence-corrected chi connectivity index (χ4v) is 9.90. The van der Waals surface area contributed by atoms with Gasteiger partial charge in [-0.2, -0.15) is 18.6 Å². The molecule has 0 bridgehead atoms. The summed E-state index contributed by atoms with van der Waals surface area (Å²) in [6.07, 6.45) is 0. The van der Waals surface area contributed by atoms with Crippen molar-refractivity contribution in [2.75, 3.05) is 14.7 Å². The fraction of sp³-hybridized carbons (Fsp3) is 0.317. The maximum absolute atomic E-state index is 4.87. The van der Waals surface area contributed by atoms with E-state index >= 15 is 0 Å². The Bertz CT molecular complexity index is 2920. The van der Waals surface area contributed by atoms with E-state index in [9.17, 15) is 0 Å². The number of benzene rings is 7. The Morgan fingerprint density at radius 1 is 0.449 bits per heavy atom. The summed E-state index contributed by atoms with van der Waals surface area (Å²) >= 11 is 0. The Kier molecular flexibility index (Phi) is 14.3. The summed E-state index contributed by atoms with van der Waals surface area (Å²) in [5, 5.41) is 0. The average Bonchev–Trinajstić information content (AvgIpc) is 3.25. The second kappa shape index (κ2) is 18.7. The molecule has 2 aliphatic heterocycles. The van der Waals surface area contributed by atoms with Gasteiger partial charge in [-0.25, -0.2) is 5.69 Å². The van der Waals surface area contributed by atoms with Gasteiger partial charge in [0.1, 0.15) is 0 Å². The van der Waals surface area contributed by atoms with Gasteiger partial charge >= 0.3 is 27.3 Å². The summed E-state index contributed by atoms with van der Waals surface area (Å²) in [6.45, 7) is 39.2. The van der Waals surface area contributed by atoms with Crippen LogP contribution in [-0.2, 0) is 81.7 Å². The monoisotopic (exact) mass is 1110 g/mol. The summed E-state index contributed by atoms with van der Waals surface area (Å²) < 4.78 is 0. The van der Waals surface area contributed by atoms with Crippen LogP contribution in [0.25, 0.3) is 0 Å². The first-order chi connectivity index (χ1) is 31.3. The Labute approximate surface area is 456 Å². The molecule has 3 nitrogen and oxygen atoms in total. The van der Waals surface area contributed by atoms with Crippen molar-refractivity contribution < 1.29 is 54.6 Å². The smallest absolute Gasteiger partial charge is 0.412 e. The Balaban J connectivity index is 0.00000352. The number of para-hydroxylation sites is 1. The van der Waals surface area contributed by atoms with Crippen LogP contribution in [0, 0.1) is 19.1 Å². The quantitative estimate of drug-likeness (QED) is 0.126. The SMILES string of the molecule is [CH2-]c1cc(C(C)(C)C)cc2c1N(c1[c-]cc(C(C)(C)C)c[c-]1)c1cc(C(C)(C)C)cc3c1B2c1ccc(N(c2ccc(C(C)(C)C)cc2)c2ccc(C(C)(C)C)cc2)cc1N3c1ccccc1.[Cd+2].[Cd]. The van der Waals surface area contributed by atoms with Gasteiger partial charge in [-0.15, -0.1) is 10.9 Å². The molecular formula is C63H69BCd2N3-. The van der Waals surface area contributed by atoms with Crippen molar-refractivity contribution in [1.82, 2.24) is 0 Å². The second-order valence-corrected chi connectivity index (χ2v) is 24.2. The average molecular weight is 1100 g/mol. The molecule has 0 aliphatic carbocycles. The molecule has 0 saturated carbocycles. The van der Waals surface area contributed by atoms with E-state index in [0.29, 0.717) is 0 Å². The fourth-order valence-electron chi connectivity index (χ4n) is 9.90. The third-order valence-electron chi connectivity index (χ3n) is 14.0. The zero-order valence-corrected chi connectivity index (χ0v) is 52.3. The molecule has 0 N–H and O–H groups in total. The summed E-state index contributed by atoms with van der Waals surface area (Å²) in [5.74, 6) is 0. The van der Waals surface area contributed by atoms with Crippen LogP contribution in [0.1, 0.15) is 137 Å². The summed E-state index contributed by atoms with van der Waals surface area (Å²) in [5.41, 5.74) is 20.9. The van der Waals surface area contributed by atoms with Crippen LogP contribution in [0.2, 0.25) is 0 Å². The van der Waals surface area contributed by atoms with Crippen LogP contribution >= 0.6 is 0 Å². The summed E-state index contributed by atoms with van der Waals surface area (Å²) in [6, 6.07) is 58.1. The minimum absolute atomic E-state index is 0. The standard InChI is InChI=1S/C63H69BN3.2Cd/c1-41-36-45(62(11,12)13)37-53-58(41)67(50-32-26-44(27-33-50)61(8,9)10)56-39-46(63(14,15)16)38-55-57(56)64(53)52-35-34-51(40-54(52)66(55)47-20-18-17-19-21-47)65(48-28-22-42(23-29-48)59(2,3)4)49-30-24-43(25-31-49)60(5,6)7;;/h17-31,34-40H,1H2,2-16H3;;/q-3;;+2. The Hall–Kier alpha value is -4.28. The zero-order chi connectivity index (χ0) is 48.2. The van der Waals surface area contributed by atoms with E-state index in [1.807, 2.05) is 0 Å². The summed E-state index contributed by atoms with van der Waals surface area (Å²) in [4.78, 5) is 7.39. The molecule has 2 aliphatic rings. The van der Waals surface area contributed by atoms with Crippen molar-refractivity contribution in [3.05, 3.63) is 186 Å². The second-order valence-electron chi connectivity index (χ2n) is 24.2.